The van der Waals surface area contributed by atoms with E-state index in [0.717, 1.165) is 0 Å². The maximum absolute atomic E-state index is 10.2. The molecule has 0 rings (SSSR count). The summed E-state index contributed by atoms with van der Waals surface area (Å²) in [4.78, 5) is 10.2. The van der Waals surface area contributed by atoms with Crippen LogP contribution in [-0.4, -0.2) is 56.4 Å². The molecule has 0 saturated heterocycles. The molecule has 0 unspecified atom stereocenters. The van der Waals surface area contributed by atoms with Crippen molar-refractivity contribution in [2.75, 3.05) is 33.5 Å². The normalized spacial score (nSPS) is 13.0. The van der Waals surface area contributed by atoms with Crippen molar-refractivity contribution in [3.05, 3.63) is 0 Å². The highest BCUT2D eigenvalue weighted by Gasteiger charge is 2.56. The van der Waals surface area contributed by atoms with Crippen LogP contribution in [0.1, 0.15) is 27.7 Å². The van der Waals surface area contributed by atoms with E-state index in [1.807, 2.05) is 0 Å². The molecule has 0 aliphatic heterocycles. The molecule has 0 bridgehead atoms. The summed E-state index contributed by atoms with van der Waals surface area (Å²) in [6.07, 6.45) is 0. The van der Waals surface area contributed by atoms with Crippen molar-refractivity contribution < 1.29 is 31.0 Å². The van der Waals surface area contributed by atoms with Gasteiger partial charge in [-0.3, -0.25) is 0 Å². The first-order valence-corrected chi connectivity index (χ1v) is 9.35. The van der Waals surface area contributed by atoms with Crippen LogP contribution in [-0.2, 0) is 26.2 Å². The Morgan fingerprint density at radius 3 is 1.44 bits per heavy atom. The molecule has 0 radical (unpaired) electrons. The lowest BCUT2D eigenvalue weighted by Gasteiger charge is -2.31. The molecule has 0 spiro atoms. The molecule has 18 heavy (non-hydrogen) atoms. The molecule has 0 aromatic carbocycles. The van der Waals surface area contributed by atoms with Gasteiger partial charge in [0.15, 0.2) is 0 Å². The topological polar surface area (TPSA) is 75.6 Å². The van der Waals surface area contributed by atoms with Gasteiger partial charge >= 0.3 is 18.1 Å². The van der Waals surface area contributed by atoms with E-state index in [1.54, 1.807) is 27.7 Å². The average Bonchev–Trinajstić information content (AvgIpc) is 2.30. The minimum atomic E-state index is -3.79. The monoisotopic (exact) mass is 300 g/mol. The SMILES string of the molecule is CCO[Si](O)(OCC)O[Si](OC)(OCC)OCC. The van der Waals surface area contributed by atoms with Gasteiger partial charge in [0, 0.05) is 33.5 Å². The lowest BCUT2D eigenvalue weighted by molar-refractivity contribution is -0.0418. The van der Waals surface area contributed by atoms with Crippen molar-refractivity contribution >= 4 is 18.1 Å². The average molecular weight is 300 g/mol. The Morgan fingerprint density at radius 1 is 0.778 bits per heavy atom. The third kappa shape index (κ3) is 5.86. The molecule has 9 heteroatoms. The van der Waals surface area contributed by atoms with Gasteiger partial charge in [-0.1, -0.05) is 0 Å². The van der Waals surface area contributed by atoms with Gasteiger partial charge in [0.2, 0.25) is 0 Å². The van der Waals surface area contributed by atoms with E-state index in [-0.39, 0.29) is 13.2 Å². The Kier molecular flexibility index (Phi) is 9.20. The molecule has 110 valence electrons. The van der Waals surface area contributed by atoms with Crippen molar-refractivity contribution in [2.45, 2.75) is 27.7 Å². The summed E-state index contributed by atoms with van der Waals surface area (Å²) in [6.45, 7) is 8.22. The van der Waals surface area contributed by atoms with Crippen molar-refractivity contribution in [3.63, 3.8) is 0 Å². The first-order valence-electron chi connectivity index (χ1n) is 6.04. The van der Waals surface area contributed by atoms with Gasteiger partial charge in [0.05, 0.1) is 0 Å². The number of hydrogen-bond donors (Lipinski definition) is 1. The van der Waals surface area contributed by atoms with Crippen LogP contribution >= 0.6 is 0 Å². The zero-order chi connectivity index (χ0) is 14.1. The third-order valence-corrected chi connectivity index (χ3v) is 6.92. The summed E-state index contributed by atoms with van der Waals surface area (Å²) in [6, 6.07) is 0. The third-order valence-electron chi connectivity index (χ3n) is 1.80. The number of hydrogen-bond acceptors (Lipinski definition) is 7. The van der Waals surface area contributed by atoms with E-state index in [9.17, 15) is 4.80 Å². The Hall–Kier alpha value is 0.154. The maximum Gasteiger partial charge on any atom is 0.673 e. The summed E-state index contributed by atoms with van der Waals surface area (Å²) in [5.41, 5.74) is 0. The molecule has 0 aromatic rings. The highest BCUT2D eigenvalue weighted by molar-refractivity contribution is 6.67. The largest absolute Gasteiger partial charge is 0.673 e. The Morgan fingerprint density at radius 2 is 1.17 bits per heavy atom. The Labute approximate surface area is 111 Å². The second kappa shape index (κ2) is 9.12. The summed E-state index contributed by atoms with van der Waals surface area (Å²) in [7, 11) is -5.80. The van der Waals surface area contributed by atoms with Crippen LogP contribution in [0.2, 0.25) is 0 Å². The molecule has 0 aliphatic rings. The molecule has 0 heterocycles. The van der Waals surface area contributed by atoms with Crippen LogP contribution < -0.4 is 0 Å². The molecule has 7 nitrogen and oxygen atoms in total. The highest BCUT2D eigenvalue weighted by Crippen LogP contribution is 2.18. The fourth-order valence-corrected chi connectivity index (χ4v) is 5.62. The Bertz CT molecular complexity index is 205. The Balaban J connectivity index is 4.87. The molecule has 1 N–H and O–H groups in total. The molecule has 0 atom stereocenters. The zero-order valence-corrected chi connectivity index (χ0v) is 13.7. The standard InChI is InChI=1S/C9H24O7Si2/c1-6-12-17(10,13-7-2)16-18(11-5,14-8-3)15-9-4/h10H,6-9H2,1-5H3. The van der Waals surface area contributed by atoms with E-state index >= 15 is 0 Å². The van der Waals surface area contributed by atoms with E-state index < -0.39 is 18.1 Å². The molecule has 0 aliphatic carbocycles. The predicted molar refractivity (Wildman–Crippen MR) is 68.3 cm³/mol. The van der Waals surface area contributed by atoms with Gasteiger partial charge in [0.25, 0.3) is 0 Å². The maximum atomic E-state index is 10.2. The van der Waals surface area contributed by atoms with Gasteiger partial charge in [0.1, 0.15) is 0 Å². The van der Waals surface area contributed by atoms with Crippen LogP contribution in [0, 0.1) is 0 Å². The number of rotatable bonds is 11. The first kappa shape index (κ1) is 18.2. The molecule has 0 aromatic heterocycles. The van der Waals surface area contributed by atoms with Crippen molar-refractivity contribution in [2.24, 2.45) is 0 Å². The molecule has 0 saturated carbocycles. The van der Waals surface area contributed by atoms with Gasteiger partial charge in [-0.25, -0.2) is 0 Å². The molecule has 0 amide bonds. The van der Waals surface area contributed by atoms with Gasteiger partial charge in [-0.2, -0.15) is 0 Å². The van der Waals surface area contributed by atoms with E-state index in [4.69, 9.17) is 26.2 Å². The van der Waals surface area contributed by atoms with E-state index in [1.165, 1.54) is 7.11 Å². The summed E-state index contributed by atoms with van der Waals surface area (Å²) in [5, 5.41) is 0. The fraction of sp³-hybridized carbons (Fsp3) is 1.00. The lowest BCUT2D eigenvalue weighted by Crippen LogP contribution is -2.60. The van der Waals surface area contributed by atoms with Crippen molar-refractivity contribution in [1.29, 1.82) is 0 Å². The second-order valence-corrected chi connectivity index (χ2v) is 7.49. The molecular formula is C9H24O7Si2. The second-order valence-electron chi connectivity index (χ2n) is 3.06. The van der Waals surface area contributed by atoms with Gasteiger partial charge in [-0.05, 0) is 27.7 Å². The zero-order valence-electron chi connectivity index (χ0n) is 11.7. The fourth-order valence-electron chi connectivity index (χ4n) is 1.24. The first-order chi connectivity index (χ1) is 8.51. The minimum absolute atomic E-state index is 0.259. The van der Waals surface area contributed by atoms with Gasteiger partial charge < -0.3 is 31.0 Å². The van der Waals surface area contributed by atoms with Crippen LogP contribution in [0.5, 0.6) is 0 Å². The van der Waals surface area contributed by atoms with E-state index in [0.29, 0.717) is 13.2 Å². The highest BCUT2D eigenvalue weighted by atomic mass is 28.5. The quantitative estimate of drug-likeness (QED) is 0.562. The van der Waals surface area contributed by atoms with Crippen molar-refractivity contribution in [1.82, 2.24) is 0 Å². The molecular weight excluding hydrogens is 276 g/mol. The molecule has 0 fully saturated rings. The lowest BCUT2D eigenvalue weighted by atomic mass is 10.9. The smallest absolute Gasteiger partial charge is 0.368 e. The van der Waals surface area contributed by atoms with Crippen molar-refractivity contribution in [3.8, 4) is 0 Å². The van der Waals surface area contributed by atoms with Crippen LogP contribution in [0.3, 0.4) is 0 Å². The summed E-state index contributed by atoms with van der Waals surface area (Å²) in [5.74, 6) is 0. The van der Waals surface area contributed by atoms with Crippen LogP contribution in [0.15, 0.2) is 0 Å². The summed E-state index contributed by atoms with van der Waals surface area (Å²) < 4.78 is 31.8. The minimum Gasteiger partial charge on any atom is -0.368 e. The predicted octanol–water partition coefficient (Wildman–Crippen LogP) is 0.659. The van der Waals surface area contributed by atoms with Crippen LogP contribution in [0.4, 0.5) is 0 Å². The summed E-state index contributed by atoms with van der Waals surface area (Å²) >= 11 is 0. The van der Waals surface area contributed by atoms with Gasteiger partial charge in [-0.15, -0.1) is 0 Å². The van der Waals surface area contributed by atoms with E-state index in [2.05, 4.69) is 0 Å². The van der Waals surface area contributed by atoms with Crippen LogP contribution in [0.25, 0.3) is 0 Å².